The number of aromatic nitrogens is 1. The fourth-order valence-electron chi connectivity index (χ4n) is 2.31. The molecule has 1 aromatic heterocycles. The van der Waals surface area contributed by atoms with Gasteiger partial charge in [-0.25, -0.2) is 4.98 Å². The molecule has 1 heterocycles. The molecule has 0 saturated heterocycles. The summed E-state index contributed by atoms with van der Waals surface area (Å²) in [5.74, 6) is 0.429. The van der Waals surface area contributed by atoms with Crippen molar-refractivity contribution in [2.75, 3.05) is 12.8 Å². The van der Waals surface area contributed by atoms with Gasteiger partial charge in [-0.05, 0) is 12.1 Å². The van der Waals surface area contributed by atoms with Crippen molar-refractivity contribution in [3.05, 3.63) is 48.7 Å². The minimum Gasteiger partial charge on any atom is -1.00 e. The van der Waals surface area contributed by atoms with E-state index in [9.17, 15) is 13.0 Å². The Morgan fingerprint density at radius 1 is 1.15 bits per heavy atom. The molecule has 10 heteroatoms. The number of hydrogen-bond acceptors (Lipinski definition) is 7. The molecule has 0 fully saturated rings. The number of rotatable bonds is 4. The molecule has 0 radical (unpaired) electrons. The molecule has 8 nitrogen and oxygen atoms in total. The molecule has 0 spiro atoms. The molecule has 3 aromatic rings. The summed E-state index contributed by atoms with van der Waals surface area (Å²) >= 11 is 0. The standard InChI is InChI=1S/C16H14N4O4S.Na.H/c1-24-15-7-6-10(9-18-15)19-20-13-8-14(25(21,22)23)11-4-2-3-5-12(11)16(13)17;;/h2-9H,17H2,1H3,(H,21,22,23);;/q;+1;-1. The van der Waals surface area contributed by atoms with Crippen LogP contribution in [-0.4, -0.2) is 25.1 Å². The normalized spacial score (nSPS) is 11.5. The Balaban J connectivity index is 0.00000182. The van der Waals surface area contributed by atoms with E-state index < -0.39 is 10.1 Å². The average molecular weight is 382 g/mol. The molecule has 3 N–H and O–H groups in total. The molecule has 3 rings (SSSR count). The van der Waals surface area contributed by atoms with Crippen molar-refractivity contribution in [3.63, 3.8) is 0 Å². The van der Waals surface area contributed by atoms with Gasteiger partial charge < -0.3 is 11.9 Å². The summed E-state index contributed by atoms with van der Waals surface area (Å²) in [5, 5.41) is 8.76. The van der Waals surface area contributed by atoms with Crippen LogP contribution in [0.4, 0.5) is 17.1 Å². The van der Waals surface area contributed by atoms with E-state index in [1.165, 1.54) is 19.4 Å². The van der Waals surface area contributed by atoms with E-state index in [0.717, 1.165) is 0 Å². The minimum atomic E-state index is -4.45. The van der Waals surface area contributed by atoms with Crippen LogP contribution in [0.1, 0.15) is 1.43 Å². The summed E-state index contributed by atoms with van der Waals surface area (Å²) in [4.78, 5) is 3.72. The maximum absolute atomic E-state index is 11.7. The molecular weight excluding hydrogens is 367 g/mol. The molecule has 0 atom stereocenters. The fourth-order valence-corrected chi connectivity index (χ4v) is 3.03. The van der Waals surface area contributed by atoms with Crippen LogP contribution in [0.25, 0.3) is 10.8 Å². The van der Waals surface area contributed by atoms with Crippen LogP contribution in [0.5, 0.6) is 5.88 Å². The largest absolute Gasteiger partial charge is 1.00 e. The zero-order valence-electron chi connectivity index (χ0n) is 15.1. The van der Waals surface area contributed by atoms with Gasteiger partial charge in [0, 0.05) is 16.8 Å². The maximum Gasteiger partial charge on any atom is 1.00 e. The summed E-state index contributed by atoms with van der Waals surface area (Å²) in [6.07, 6.45) is 1.45. The van der Waals surface area contributed by atoms with Crippen LogP contribution >= 0.6 is 0 Å². The number of nitrogens with two attached hydrogens (primary N) is 1. The third-order valence-electron chi connectivity index (χ3n) is 3.51. The van der Waals surface area contributed by atoms with Gasteiger partial charge in [0.25, 0.3) is 10.1 Å². The van der Waals surface area contributed by atoms with Gasteiger partial charge in [-0.3, -0.25) is 4.55 Å². The summed E-state index contributed by atoms with van der Waals surface area (Å²) in [6.45, 7) is 0. The zero-order valence-corrected chi connectivity index (χ0v) is 16.9. The minimum absolute atomic E-state index is 0. The Labute approximate surface area is 173 Å². The number of methoxy groups -OCH3 is 1. The molecule has 0 bridgehead atoms. The first-order valence-electron chi connectivity index (χ1n) is 7.10. The molecule has 0 saturated carbocycles. The zero-order chi connectivity index (χ0) is 18.0. The summed E-state index contributed by atoms with van der Waals surface area (Å²) in [5.41, 5.74) is 6.89. The quantitative estimate of drug-likeness (QED) is 0.294. The second-order valence-electron chi connectivity index (χ2n) is 5.09. The molecule has 2 aromatic carbocycles. The first kappa shape index (κ1) is 20.3. The Kier molecular flexibility index (Phi) is 6.32. The Hall–Kier alpha value is -2.04. The van der Waals surface area contributed by atoms with Crippen molar-refractivity contribution < 1.29 is 48.7 Å². The van der Waals surface area contributed by atoms with Crippen LogP contribution in [0.15, 0.2) is 63.8 Å². The number of azo groups is 1. The molecule has 0 aliphatic rings. The number of nitrogens with zero attached hydrogens (tertiary/aromatic N) is 3. The van der Waals surface area contributed by atoms with Crippen LogP contribution in [-0.2, 0) is 10.1 Å². The Morgan fingerprint density at radius 3 is 2.42 bits per heavy atom. The van der Waals surface area contributed by atoms with Gasteiger partial charge in [-0.1, -0.05) is 24.3 Å². The number of nitrogen functional groups attached to an aromatic ring is 1. The second kappa shape index (κ2) is 8.11. The Bertz CT molecular complexity index is 1080. The number of pyridine rings is 1. The summed E-state index contributed by atoms with van der Waals surface area (Å²) < 4.78 is 37.8. The number of hydrogen-bond donors (Lipinski definition) is 2. The number of ether oxygens (including phenoxy) is 1. The molecule has 26 heavy (non-hydrogen) atoms. The predicted molar refractivity (Wildman–Crippen MR) is 94.3 cm³/mol. The first-order chi connectivity index (χ1) is 11.9. The van der Waals surface area contributed by atoms with Crippen molar-refractivity contribution >= 4 is 38.0 Å². The molecule has 0 unspecified atom stereocenters. The van der Waals surface area contributed by atoms with E-state index in [1.54, 1.807) is 36.4 Å². The van der Waals surface area contributed by atoms with Crippen molar-refractivity contribution in [2.24, 2.45) is 10.2 Å². The molecule has 0 amide bonds. The number of benzene rings is 2. The number of fused-ring (bicyclic) bond motifs is 1. The summed E-state index contributed by atoms with van der Waals surface area (Å²) in [6, 6.07) is 11.0. The molecule has 0 aliphatic heterocycles. The topological polar surface area (TPSA) is 127 Å². The third kappa shape index (κ3) is 4.19. The van der Waals surface area contributed by atoms with Crippen LogP contribution in [0.3, 0.4) is 0 Å². The molecule has 0 aliphatic carbocycles. The Morgan fingerprint density at radius 2 is 1.85 bits per heavy atom. The molecular formula is C16H15N4NaO4S. The van der Waals surface area contributed by atoms with E-state index in [4.69, 9.17) is 10.5 Å². The third-order valence-corrected chi connectivity index (χ3v) is 4.40. The maximum atomic E-state index is 11.7. The fraction of sp³-hybridized carbons (Fsp3) is 0.0625. The van der Waals surface area contributed by atoms with Crippen molar-refractivity contribution in [1.29, 1.82) is 0 Å². The van der Waals surface area contributed by atoms with Crippen molar-refractivity contribution in [3.8, 4) is 5.88 Å². The van der Waals surface area contributed by atoms with Crippen LogP contribution in [0, 0.1) is 0 Å². The summed E-state index contributed by atoms with van der Waals surface area (Å²) in [7, 11) is -2.95. The van der Waals surface area contributed by atoms with Crippen molar-refractivity contribution in [2.45, 2.75) is 4.90 Å². The van der Waals surface area contributed by atoms with Gasteiger partial charge in [-0.2, -0.15) is 8.42 Å². The molecule has 130 valence electrons. The van der Waals surface area contributed by atoms with Gasteiger partial charge in [-0.15, -0.1) is 10.2 Å². The van der Waals surface area contributed by atoms with Gasteiger partial charge in [0.2, 0.25) is 5.88 Å². The van der Waals surface area contributed by atoms with Gasteiger partial charge >= 0.3 is 29.6 Å². The SMILES string of the molecule is COc1ccc(N=Nc2cc(S(=O)(=O)O)c3ccccc3c2N)cn1.[H-].[Na+]. The van der Waals surface area contributed by atoms with Crippen LogP contribution in [0.2, 0.25) is 0 Å². The van der Waals surface area contributed by atoms with Crippen LogP contribution < -0.4 is 40.0 Å². The first-order valence-corrected chi connectivity index (χ1v) is 8.54. The number of anilines is 1. The van der Waals surface area contributed by atoms with E-state index in [-0.39, 0.29) is 47.3 Å². The monoisotopic (exact) mass is 382 g/mol. The van der Waals surface area contributed by atoms with Gasteiger partial charge in [0.1, 0.15) is 16.3 Å². The van der Waals surface area contributed by atoms with E-state index in [0.29, 0.717) is 22.3 Å². The predicted octanol–water partition coefficient (Wildman–Crippen LogP) is 0.604. The smallest absolute Gasteiger partial charge is 1.00 e. The van der Waals surface area contributed by atoms with Crippen molar-refractivity contribution in [1.82, 2.24) is 4.98 Å². The van der Waals surface area contributed by atoms with E-state index in [1.807, 2.05) is 0 Å². The second-order valence-corrected chi connectivity index (χ2v) is 6.48. The average Bonchev–Trinajstić information content (AvgIpc) is 2.61. The van der Waals surface area contributed by atoms with E-state index >= 15 is 0 Å². The van der Waals surface area contributed by atoms with E-state index in [2.05, 4.69) is 15.2 Å². The van der Waals surface area contributed by atoms with Gasteiger partial charge in [0.15, 0.2) is 0 Å². The van der Waals surface area contributed by atoms with Gasteiger partial charge in [0.05, 0.1) is 19.0 Å².